The van der Waals surface area contributed by atoms with Crippen molar-refractivity contribution in [2.75, 3.05) is 5.32 Å². The lowest BCUT2D eigenvalue weighted by molar-refractivity contribution is 0.0995. The standard InChI is InChI=1S/C17H12F2N4O/c18-11-3-1-10(2-4-11)17-22-14(16(20)24)9-15(23-17)21-13-7-5-12(19)6-8-13/h1-9H,(H2,20,24)(H,21,22,23). The van der Waals surface area contributed by atoms with Crippen molar-refractivity contribution < 1.29 is 13.6 Å². The number of benzene rings is 2. The number of primary amides is 1. The van der Waals surface area contributed by atoms with Crippen LogP contribution in [0, 0.1) is 11.6 Å². The van der Waals surface area contributed by atoms with Crippen molar-refractivity contribution in [2.45, 2.75) is 0 Å². The first-order valence-corrected chi connectivity index (χ1v) is 6.99. The van der Waals surface area contributed by atoms with Crippen LogP contribution in [0.15, 0.2) is 54.6 Å². The van der Waals surface area contributed by atoms with Crippen LogP contribution in [0.5, 0.6) is 0 Å². The quantitative estimate of drug-likeness (QED) is 0.771. The average Bonchev–Trinajstić information content (AvgIpc) is 2.57. The third kappa shape index (κ3) is 3.52. The summed E-state index contributed by atoms with van der Waals surface area (Å²) in [4.78, 5) is 19.9. The Morgan fingerprint density at radius 3 is 2.08 bits per heavy atom. The van der Waals surface area contributed by atoms with Crippen LogP contribution in [0.2, 0.25) is 0 Å². The Hall–Kier alpha value is -3.35. The molecule has 1 heterocycles. The number of rotatable bonds is 4. The van der Waals surface area contributed by atoms with Crippen LogP contribution in [0.25, 0.3) is 11.4 Å². The van der Waals surface area contributed by atoms with Gasteiger partial charge in [-0.1, -0.05) is 0 Å². The minimum absolute atomic E-state index is 0.00827. The molecule has 0 fully saturated rings. The second-order valence-electron chi connectivity index (χ2n) is 4.97. The van der Waals surface area contributed by atoms with Gasteiger partial charge in [0, 0.05) is 17.3 Å². The molecule has 0 radical (unpaired) electrons. The number of hydrogen-bond donors (Lipinski definition) is 2. The molecule has 3 aromatic rings. The van der Waals surface area contributed by atoms with Gasteiger partial charge in [0.2, 0.25) is 0 Å². The first-order valence-electron chi connectivity index (χ1n) is 6.99. The van der Waals surface area contributed by atoms with Gasteiger partial charge >= 0.3 is 0 Å². The predicted molar refractivity (Wildman–Crippen MR) is 85.6 cm³/mol. The molecule has 0 aliphatic rings. The lowest BCUT2D eigenvalue weighted by atomic mass is 10.2. The summed E-state index contributed by atoms with van der Waals surface area (Å²) in [6.45, 7) is 0. The van der Waals surface area contributed by atoms with Crippen molar-refractivity contribution in [2.24, 2.45) is 5.73 Å². The molecule has 3 rings (SSSR count). The molecule has 2 aromatic carbocycles. The highest BCUT2D eigenvalue weighted by atomic mass is 19.1. The van der Waals surface area contributed by atoms with Crippen molar-refractivity contribution in [3.8, 4) is 11.4 Å². The van der Waals surface area contributed by atoms with Gasteiger partial charge in [-0.15, -0.1) is 0 Å². The first-order chi connectivity index (χ1) is 11.5. The normalized spacial score (nSPS) is 10.4. The van der Waals surface area contributed by atoms with Crippen molar-refractivity contribution in [3.63, 3.8) is 0 Å². The van der Waals surface area contributed by atoms with E-state index < -0.39 is 11.7 Å². The van der Waals surface area contributed by atoms with Gasteiger partial charge in [0.05, 0.1) is 0 Å². The van der Waals surface area contributed by atoms with Crippen molar-refractivity contribution >= 4 is 17.4 Å². The van der Waals surface area contributed by atoms with Gasteiger partial charge in [0.25, 0.3) is 5.91 Å². The summed E-state index contributed by atoms with van der Waals surface area (Å²) in [5.41, 5.74) is 6.42. The minimum atomic E-state index is -0.720. The number of nitrogens with one attached hydrogen (secondary N) is 1. The van der Waals surface area contributed by atoms with Crippen LogP contribution in [-0.4, -0.2) is 15.9 Å². The summed E-state index contributed by atoms with van der Waals surface area (Å²) in [6, 6.07) is 12.6. The number of halogens is 2. The van der Waals surface area contributed by atoms with Gasteiger partial charge < -0.3 is 11.1 Å². The van der Waals surface area contributed by atoms with E-state index in [1.807, 2.05) is 0 Å². The number of carbonyl (C=O) groups is 1. The van der Waals surface area contributed by atoms with E-state index in [0.717, 1.165) is 0 Å². The summed E-state index contributed by atoms with van der Waals surface area (Å²) in [5.74, 6) is -0.953. The molecule has 0 spiro atoms. The average molecular weight is 326 g/mol. The molecule has 120 valence electrons. The van der Waals surface area contributed by atoms with E-state index in [0.29, 0.717) is 17.1 Å². The number of nitrogens with zero attached hydrogens (tertiary/aromatic N) is 2. The molecule has 1 aromatic heterocycles. The number of amides is 1. The first kappa shape index (κ1) is 15.5. The molecule has 0 unspecified atom stereocenters. The third-order valence-corrected chi connectivity index (χ3v) is 3.20. The van der Waals surface area contributed by atoms with Gasteiger partial charge in [-0.05, 0) is 48.5 Å². The molecular weight excluding hydrogens is 314 g/mol. The Morgan fingerprint density at radius 1 is 0.917 bits per heavy atom. The van der Waals surface area contributed by atoms with Crippen molar-refractivity contribution in [1.82, 2.24) is 9.97 Å². The lowest BCUT2D eigenvalue weighted by Gasteiger charge is -2.09. The third-order valence-electron chi connectivity index (χ3n) is 3.20. The van der Waals surface area contributed by atoms with Crippen molar-refractivity contribution in [3.05, 3.63) is 71.9 Å². The predicted octanol–water partition coefficient (Wildman–Crippen LogP) is 3.26. The smallest absolute Gasteiger partial charge is 0.267 e. The van der Waals surface area contributed by atoms with Crippen LogP contribution < -0.4 is 11.1 Å². The molecule has 0 aliphatic heterocycles. The molecule has 1 amide bonds. The maximum absolute atomic E-state index is 13.1. The van der Waals surface area contributed by atoms with E-state index in [-0.39, 0.29) is 17.3 Å². The second kappa shape index (κ2) is 6.41. The summed E-state index contributed by atoms with van der Waals surface area (Å²) in [6.07, 6.45) is 0. The topological polar surface area (TPSA) is 80.9 Å². The highest BCUT2D eigenvalue weighted by Crippen LogP contribution is 2.21. The van der Waals surface area contributed by atoms with Crippen LogP contribution in [-0.2, 0) is 0 Å². The minimum Gasteiger partial charge on any atom is -0.364 e. The molecule has 0 saturated heterocycles. The maximum Gasteiger partial charge on any atom is 0.267 e. The van der Waals surface area contributed by atoms with Crippen LogP contribution in [0.3, 0.4) is 0 Å². The highest BCUT2D eigenvalue weighted by molar-refractivity contribution is 5.92. The fraction of sp³-hybridized carbons (Fsp3) is 0. The second-order valence-corrected chi connectivity index (χ2v) is 4.97. The fourth-order valence-corrected chi connectivity index (χ4v) is 2.05. The van der Waals surface area contributed by atoms with Crippen LogP contribution >= 0.6 is 0 Å². The fourth-order valence-electron chi connectivity index (χ4n) is 2.05. The zero-order valence-electron chi connectivity index (χ0n) is 12.3. The van der Waals surface area contributed by atoms with Crippen molar-refractivity contribution in [1.29, 1.82) is 0 Å². The molecule has 0 bridgehead atoms. The van der Waals surface area contributed by atoms with E-state index in [4.69, 9.17) is 5.73 Å². The Labute approximate surface area is 136 Å². The molecule has 0 atom stereocenters. The SMILES string of the molecule is NC(=O)c1cc(Nc2ccc(F)cc2)nc(-c2ccc(F)cc2)n1. The van der Waals surface area contributed by atoms with E-state index in [1.165, 1.54) is 54.6 Å². The van der Waals surface area contributed by atoms with Crippen LogP contribution in [0.1, 0.15) is 10.5 Å². The molecule has 3 N–H and O–H groups in total. The molecule has 0 saturated carbocycles. The van der Waals surface area contributed by atoms with E-state index in [1.54, 1.807) is 0 Å². The van der Waals surface area contributed by atoms with Gasteiger partial charge in [-0.2, -0.15) is 0 Å². The summed E-state index contributed by atoms with van der Waals surface area (Å²) < 4.78 is 26.0. The van der Waals surface area contributed by atoms with Gasteiger partial charge in [-0.3, -0.25) is 4.79 Å². The van der Waals surface area contributed by atoms with Crippen LogP contribution in [0.4, 0.5) is 20.3 Å². The lowest BCUT2D eigenvalue weighted by Crippen LogP contribution is -2.14. The summed E-state index contributed by atoms with van der Waals surface area (Å²) >= 11 is 0. The monoisotopic (exact) mass is 326 g/mol. The highest BCUT2D eigenvalue weighted by Gasteiger charge is 2.11. The maximum atomic E-state index is 13.1. The molecule has 7 heteroatoms. The molecule has 24 heavy (non-hydrogen) atoms. The Kier molecular flexibility index (Phi) is 4.15. The largest absolute Gasteiger partial charge is 0.364 e. The van der Waals surface area contributed by atoms with Gasteiger partial charge in [0.1, 0.15) is 23.1 Å². The Bertz CT molecular complexity index is 880. The van der Waals surface area contributed by atoms with E-state index in [9.17, 15) is 13.6 Å². The Balaban J connectivity index is 2.00. The molecule has 0 aliphatic carbocycles. The number of nitrogens with two attached hydrogens (primary N) is 1. The number of anilines is 2. The van der Waals surface area contributed by atoms with Gasteiger partial charge in [-0.25, -0.2) is 18.7 Å². The number of hydrogen-bond acceptors (Lipinski definition) is 4. The zero-order chi connectivity index (χ0) is 17.1. The number of aromatic nitrogens is 2. The van der Waals surface area contributed by atoms with E-state index >= 15 is 0 Å². The zero-order valence-corrected chi connectivity index (χ0v) is 12.3. The summed E-state index contributed by atoms with van der Waals surface area (Å²) in [5, 5.41) is 2.95. The molecular formula is C17H12F2N4O. The molecule has 5 nitrogen and oxygen atoms in total. The summed E-state index contributed by atoms with van der Waals surface area (Å²) in [7, 11) is 0. The van der Waals surface area contributed by atoms with Gasteiger partial charge in [0.15, 0.2) is 5.82 Å². The van der Waals surface area contributed by atoms with E-state index in [2.05, 4.69) is 15.3 Å². The Morgan fingerprint density at radius 2 is 1.50 bits per heavy atom. The number of carbonyl (C=O) groups excluding carboxylic acids is 1.